The van der Waals surface area contributed by atoms with Gasteiger partial charge in [-0.05, 0) is 6.92 Å². The summed E-state index contributed by atoms with van der Waals surface area (Å²) in [6.45, 7) is 3.99. The van der Waals surface area contributed by atoms with E-state index in [0.29, 0.717) is 12.6 Å². The number of likely N-dealkylation sites (N-methyl/N-ethyl adjacent to an activating group) is 1. The Morgan fingerprint density at radius 2 is 1.83 bits per heavy atom. The summed E-state index contributed by atoms with van der Waals surface area (Å²) >= 11 is 0. The Hall–Kier alpha value is 0.160. The molecule has 4 heteroatoms. The molecule has 0 saturated carbocycles. The first kappa shape index (κ1) is 14.7. The molecule has 0 heterocycles. The molecule has 0 aliphatic heterocycles. The van der Waals surface area contributed by atoms with E-state index in [1.54, 1.807) is 0 Å². The van der Waals surface area contributed by atoms with Crippen molar-refractivity contribution in [1.29, 1.82) is 0 Å². The zero-order chi connectivity index (χ0) is 9.07. The van der Waals surface area contributed by atoms with Crippen LogP contribution in [0.15, 0.2) is 0 Å². The molecule has 0 rings (SSSR count). The molecule has 0 aromatic carbocycles. The lowest BCUT2D eigenvalue weighted by atomic mass is 10.3. The van der Waals surface area contributed by atoms with Crippen molar-refractivity contribution in [1.82, 2.24) is 0 Å². The van der Waals surface area contributed by atoms with Gasteiger partial charge < -0.3 is 33.2 Å². The fourth-order valence-corrected chi connectivity index (χ4v) is 0.462. The third-order valence-corrected chi connectivity index (χ3v) is 1.85. The Balaban J connectivity index is 0. The van der Waals surface area contributed by atoms with E-state index in [1.807, 2.05) is 0 Å². The van der Waals surface area contributed by atoms with Gasteiger partial charge in [0.15, 0.2) is 0 Å². The van der Waals surface area contributed by atoms with Gasteiger partial charge in [-0.3, -0.25) is 4.79 Å². The average molecular weight is 287 g/mol. The van der Waals surface area contributed by atoms with Crippen LogP contribution in [0.2, 0.25) is 0 Å². The molecular weight excluding hydrogens is 269 g/mol. The van der Waals surface area contributed by atoms with Crippen LogP contribution in [0, 0.1) is 0 Å². The quantitative estimate of drug-likeness (QED) is 0.330. The Morgan fingerprint density at radius 3 is 2.08 bits per heavy atom. The molecule has 0 aliphatic rings. The number of carbonyl (C=O) groups excluding carboxylic acids is 1. The minimum absolute atomic E-state index is 0. The summed E-state index contributed by atoms with van der Waals surface area (Å²) in [6.07, 6.45) is 0. The molecule has 0 aromatic heterocycles. The molecule has 0 fully saturated rings. The van der Waals surface area contributed by atoms with E-state index in [-0.39, 0.29) is 29.9 Å². The first-order valence-electron chi connectivity index (χ1n) is 3.78. The number of hydrogen-bond acceptors (Lipinski definition) is 2. The molecule has 1 unspecified atom stereocenters. The van der Waals surface area contributed by atoms with E-state index >= 15 is 0 Å². The second kappa shape index (κ2) is 5.75. The van der Waals surface area contributed by atoms with Crippen molar-refractivity contribution >= 4 is 5.97 Å². The van der Waals surface area contributed by atoms with E-state index in [0.717, 1.165) is 4.48 Å². The number of rotatable bonds is 3. The third kappa shape index (κ3) is 6.84. The van der Waals surface area contributed by atoms with Crippen LogP contribution >= 0.6 is 0 Å². The van der Waals surface area contributed by atoms with Crippen molar-refractivity contribution < 1.29 is 38.0 Å². The second-order valence-electron chi connectivity index (χ2n) is 3.77. The highest BCUT2D eigenvalue weighted by atomic mass is 127. The van der Waals surface area contributed by atoms with Crippen LogP contribution in [0.4, 0.5) is 0 Å². The molecule has 12 heavy (non-hydrogen) atoms. The summed E-state index contributed by atoms with van der Waals surface area (Å²) in [5, 5.41) is 0. The van der Waals surface area contributed by atoms with E-state index in [4.69, 9.17) is 4.74 Å². The zero-order valence-electron chi connectivity index (χ0n) is 8.43. The van der Waals surface area contributed by atoms with Crippen LogP contribution < -0.4 is 24.0 Å². The summed E-state index contributed by atoms with van der Waals surface area (Å²) in [7, 11) is 6.23. The predicted molar refractivity (Wildman–Crippen MR) is 44.1 cm³/mol. The smallest absolute Gasteiger partial charge is 0.302 e. The van der Waals surface area contributed by atoms with Gasteiger partial charge in [0, 0.05) is 6.92 Å². The summed E-state index contributed by atoms with van der Waals surface area (Å²) < 4.78 is 5.69. The van der Waals surface area contributed by atoms with Crippen LogP contribution in [-0.4, -0.2) is 44.2 Å². The molecule has 0 aliphatic carbocycles. The highest BCUT2D eigenvalue weighted by Gasteiger charge is 2.18. The topological polar surface area (TPSA) is 26.3 Å². The fourth-order valence-electron chi connectivity index (χ4n) is 0.462. The lowest BCUT2D eigenvalue weighted by Gasteiger charge is -2.30. The molecule has 3 nitrogen and oxygen atoms in total. The molecule has 74 valence electrons. The van der Waals surface area contributed by atoms with E-state index in [1.165, 1.54) is 6.92 Å². The summed E-state index contributed by atoms with van der Waals surface area (Å²) in [5.41, 5.74) is 0. The highest BCUT2D eigenvalue weighted by Crippen LogP contribution is 2.01. The van der Waals surface area contributed by atoms with Crippen molar-refractivity contribution in [2.75, 3.05) is 27.7 Å². The van der Waals surface area contributed by atoms with Crippen molar-refractivity contribution in [3.63, 3.8) is 0 Å². The first-order valence-corrected chi connectivity index (χ1v) is 3.78. The average Bonchev–Trinajstić information content (AvgIpc) is 1.80. The monoisotopic (exact) mass is 287 g/mol. The number of carbonyl (C=O) groups is 1. The molecular formula is C8H18INO2. The molecule has 0 N–H and O–H groups in total. The van der Waals surface area contributed by atoms with Gasteiger partial charge in [0.05, 0.1) is 21.1 Å². The third-order valence-electron chi connectivity index (χ3n) is 1.85. The van der Waals surface area contributed by atoms with Crippen LogP contribution in [0.25, 0.3) is 0 Å². The Bertz CT molecular complexity index is 142. The SMILES string of the molecule is CC(=O)OCC(C)[N+](C)(C)C.[I-]. The maximum Gasteiger partial charge on any atom is 0.302 e. The number of hydrogen-bond donors (Lipinski definition) is 0. The van der Waals surface area contributed by atoms with E-state index < -0.39 is 0 Å². The van der Waals surface area contributed by atoms with Gasteiger partial charge in [0.2, 0.25) is 0 Å². The van der Waals surface area contributed by atoms with Crippen molar-refractivity contribution in [3.05, 3.63) is 0 Å². The standard InChI is InChI=1S/C8H18NO2.HI/c1-7(9(3,4)5)6-11-8(2)10;/h7H,6H2,1-5H3;1H/q+1;/p-1. The number of nitrogens with zero attached hydrogens (tertiary/aromatic N) is 1. The summed E-state index contributed by atoms with van der Waals surface area (Å²) in [6, 6.07) is 0.346. The van der Waals surface area contributed by atoms with Crippen molar-refractivity contribution in [2.45, 2.75) is 19.9 Å². The summed E-state index contributed by atoms with van der Waals surface area (Å²) in [5.74, 6) is -0.203. The van der Waals surface area contributed by atoms with Gasteiger partial charge in [-0.2, -0.15) is 0 Å². The van der Waals surface area contributed by atoms with Crippen LogP contribution in [0.1, 0.15) is 13.8 Å². The Kier molecular flexibility index (Phi) is 7.02. The number of quaternary nitrogens is 1. The predicted octanol–water partition coefficient (Wildman–Crippen LogP) is -2.35. The van der Waals surface area contributed by atoms with Crippen LogP contribution in [-0.2, 0) is 9.53 Å². The lowest BCUT2D eigenvalue weighted by Crippen LogP contribution is -3.00. The maximum absolute atomic E-state index is 10.4. The lowest BCUT2D eigenvalue weighted by molar-refractivity contribution is -0.894. The molecule has 0 radical (unpaired) electrons. The maximum atomic E-state index is 10.4. The minimum Gasteiger partial charge on any atom is -1.00 e. The first-order chi connectivity index (χ1) is 4.84. The molecule has 1 atom stereocenters. The summed E-state index contributed by atoms with van der Waals surface area (Å²) in [4.78, 5) is 10.4. The van der Waals surface area contributed by atoms with Gasteiger partial charge in [0.1, 0.15) is 12.6 Å². The van der Waals surface area contributed by atoms with Gasteiger partial charge in [-0.25, -0.2) is 0 Å². The normalized spacial score (nSPS) is 13.1. The highest BCUT2D eigenvalue weighted by molar-refractivity contribution is 5.65. The number of halogens is 1. The second-order valence-corrected chi connectivity index (χ2v) is 3.77. The van der Waals surface area contributed by atoms with Crippen LogP contribution in [0.3, 0.4) is 0 Å². The van der Waals surface area contributed by atoms with Crippen molar-refractivity contribution in [3.8, 4) is 0 Å². The molecule has 0 bridgehead atoms. The zero-order valence-corrected chi connectivity index (χ0v) is 10.6. The number of ether oxygens (including phenoxy) is 1. The van der Waals surface area contributed by atoms with Gasteiger partial charge in [-0.1, -0.05) is 0 Å². The fraction of sp³-hybridized carbons (Fsp3) is 0.875. The van der Waals surface area contributed by atoms with Gasteiger partial charge in [-0.15, -0.1) is 0 Å². The molecule has 0 spiro atoms. The number of esters is 1. The van der Waals surface area contributed by atoms with E-state index in [9.17, 15) is 4.79 Å². The van der Waals surface area contributed by atoms with Gasteiger partial charge in [0.25, 0.3) is 0 Å². The van der Waals surface area contributed by atoms with Crippen molar-refractivity contribution in [2.24, 2.45) is 0 Å². The molecule has 0 aromatic rings. The van der Waals surface area contributed by atoms with E-state index in [2.05, 4.69) is 28.1 Å². The largest absolute Gasteiger partial charge is 1.00 e. The molecule has 0 saturated heterocycles. The van der Waals surface area contributed by atoms with Gasteiger partial charge >= 0.3 is 5.97 Å². The Morgan fingerprint density at radius 1 is 1.42 bits per heavy atom. The van der Waals surface area contributed by atoms with Crippen LogP contribution in [0.5, 0.6) is 0 Å². The Labute approximate surface area is 91.7 Å². The minimum atomic E-state index is -0.203. The molecule has 0 amide bonds.